The molecule has 1 unspecified atom stereocenters. The summed E-state index contributed by atoms with van der Waals surface area (Å²) in [6.45, 7) is 9.43. The van der Waals surface area contributed by atoms with E-state index in [4.69, 9.17) is 4.74 Å². The highest BCUT2D eigenvalue weighted by atomic mass is 16.5. The number of likely N-dealkylation sites (N-methyl/N-ethyl adjacent to an activating group) is 2. The van der Waals surface area contributed by atoms with Crippen molar-refractivity contribution in [3.8, 4) is 0 Å². The van der Waals surface area contributed by atoms with E-state index < -0.39 is 0 Å². The molecule has 0 spiro atoms. The summed E-state index contributed by atoms with van der Waals surface area (Å²) in [7, 11) is 2.09. The zero-order chi connectivity index (χ0) is 12.7. The van der Waals surface area contributed by atoms with Gasteiger partial charge in [-0.1, -0.05) is 0 Å². The minimum absolute atomic E-state index is 0.166. The normalized spacial score (nSPS) is 21.5. The lowest BCUT2D eigenvalue weighted by Crippen LogP contribution is -2.46. The fourth-order valence-corrected chi connectivity index (χ4v) is 2.02. The number of ether oxygens (including phenoxy) is 1. The topological polar surface area (TPSA) is 44.8 Å². The monoisotopic (exact) mass is 243 g/mol. The number of morpholine rings is 1. The Hall–Kier alpha value is -0.650. The van der Waals surface area contributed by atoms with Gasteiger partial charge in [-0.15, -0.1) is 0 Å². The smallest absolute Gasteiger partial charge is 0.236 e. The maximum absolute atomic E-state index is 11.7. The van der Waals surface area contributed by atoms with Gasteiger partial charge >= 0.3 is 0 Å². The van der Waals surface area contributed by atoms with Crippen molar-refractivity contribution in [3.63, 3.8) is 0 Å². The van der Waals surface area contributed by atoms with E-state index >= 15 is 0 Å². The summed E-state index contributed by atoms with van der Waals surface area (Å²) in [5.41, 5.74) is 0. The minimum atomic E-state index is 0.166. The number of carbonyl (C=O) groups excluding carboxylic acids is 1. The summed E-state index contributed by atoms with van der Waals surface area (Å²) < 4.78 is 5.61. The average Bonchev–Trinajstić information content (AvgIpc) is 2.30. The maximum atomic E-state index is 11.7. The highest BCUT2D eigenvalue weighted by Gasteiger charge is 2.17. The molecule has 1 heterocycles. The molecule has 1 aliphatic heterocycles. The van der Waals surface area contributed by atoms with Crippen molar-refractivity contribution in [2.75, 3.05) is 52.9 Å². The van der Waals surface area contributed by atoms with Gasteiger partial charge in [0.2, 0.25) is 5.91 Å². The third-order valence-corrected chi connectivity index (χ3v) is 3.11. The van der Waals surface area contributed by atoms with E-state index in [-0.39, 0.29) is 12.0 Å². The fraction of sp³-hybridized carbons (Fsp3) is 0.917. The number of nitrogens with one attached hydrogen (secondary N) is 1. The van der Waals surface area contributed by atoms with E-state index in [1.54, 1.807) is 0 Å². The first-order valence-electron chi connectivity index (χ1n) is 6.46. The Labute approximate surface area is 104 Å². The van der Waals surface area contributed by atoms with Crippen LogP contribution in [0.15, 0.2) is 0 Å². The second-order valence-electron chi connectivity index (χ2n) is 4.45. The molecule has 0 aromatic rings. The van der Waals surface area contributed by atoms with Crippen molar-refractivity contribution < 1.29 is 9.53 Å². The number of hydrogen-bond donors (Lipinski definition) is 1. The van der Waals surface area contributed by atoms with Crippen LogP contribution in [0.5, 0.6) is 0 Å². The average molecular weight is 243 g/mol. The quantitative estimate of drug-likeness (QED) is 0.700. The van der Waals surface area contributed by atoms with Crippen LogP contribution in [-0.2, 0) is 9.53 Å². The molecule has 1 atom stereocenters. The molecular formula is C12H25N3O2. The third-order valence-electron chi connectivity index (χ3n) is 3.11. The third kappa shape index (κ3) is 5.02. The Morgan fingerprint density at radius 1 is 1.47 bits per heavy atom. The lowest BCUT2D eigenvalue weighted by atomic mass is 10.3. The molecular weight excluding hydrogens is 218 g/mol. The van der Waals surface area contributed by atoms with E-state index in [0.717, 1.165) is 39.3 Å². The summed E-state index contributed by atoms with van der Waals surface area (Å²) in [6, 6.07) is 0. The van der Waals surface area contributed by atoms with E-state index in [0.29, 0.717) is 6.54 Å². The lowest BCUT2D eigenvalue weighted by Gasteiger charge is -2.30. The number of hydrogen-bond acceptors (Lipinski definition) is 4. The predicted molar refractivity (Wildman–Crippen MR) is 68.0 cm³/mol. The lowest BCUT2D eigenvalue weighted by molar-refractivity contribution is -0.130. The summed E-state index contributed by atoms with van der Waals surface area (Å²) in [4.78, 5) is 15.8. The van der Waals surface area contributed by atoms with Crippen molar-refractivity contribution >= 4 is 5.91 Å². The second-order valence-corrected chi connectivity index (χ2v) is 4.45. The highest BCUT2D eigenvalue weighted by molar-refractivity contribution is 5.78. The van der Waals surface area contributed by atoms with Gasteiger partial charge in [-0.05, 0) is 20.9 Å². The van der Waals surface area contributed by atoms with Crippen LogP contribution in [-0.4, -0.2) is 74.7 Å². The number of carbonyl (C=O) groups is 1. The number of nitrogens with zero attached hydrogens (tertiary/aromatic N) is 2. The first-order valence-corrected chi connectivity index (χ1v) is 6.46. The zero-order valence-corrected chi connectivity index (χ0v) is 11.2. The molecule has 100 valence electrons. The van der Waals surface area contributed by atoms with Crippen molar-refractivity contribution in [2.24, 2.45) is 0 Å². The van der Waals surface area contributed by atoms with Crippen LogP contribution in [0, 0.1) is 0 Å². The summed E-state index contributed by atoms with van der Waals surface area (Å²) in [6.07, 6.45) is 0.207. The Balaban J connectivity index is 2.16. The van der Waals surface area contributed by atoms with E-state index in [1.807, 2.05) is 18.7 Å². The van der Waals surface area contributed by atoms with Gasteiger partial charge in [0, 0.05) is 32.7 Å². The largest absolute Gasteiger partial charge is 0.374 e. The molecule has 0 aliphatic carbocycles. The van der Waals surface area contributed by atoms with Gasteiger partial charge in [0.05, 0.1) is 19.3 Å². The standard InChI is InChI=1S/C12H25N3O2/c1-4-15(5-2)12(16)9-13-8-11-10-14(3)6-7-17-11/h11,13H,4-10H2,1-3H3. The molecule has 1 amide bonds. The van der Waals surface area contributed by atoms with Crippen molar-refractivity contribution in [1.82, 2.24) is 15.1 Å². The van der Waals surface area contributed by atoms with Crippen LogP contribution in [0.1, 0.15) is 13.8 Å². The molecule has 1 rings (SSSR count). The van der Waals surface area contributed by atoms with Gasteiger partial charge in [0.15, 0.2) is 0 Å². The van der Waals surface area contributed by atoms with Crippen LogP contribution >= 0.6 is 0 Å². The predicted octanol–water partition coefficient (Wildman–Crippen LogP) is -0.225. The van der Waals surface area contributed by atoms with Gasteiger partial charge in [0.25, 0.3) is 0 Å². The van der Waals surface area contributed by atoms with Crippen LogP contribution in [0.4, 0.5) is 0 Å². The molecule has 0 saturated carbocycles. The SMILES string of the molecule is CCN(CC)C(=O)CNCC1CN(C)CCO1. The van der Waals surface area contributed by atoms with E-state index in [2.05, 4.69) is 17.3 Å². The van der Waals surface area contributed by atoms with Crippen LogP contribution in [0.3, 0.4) is 0 Å². The highest BCUT2D eigenvalue weighted by Crippen LogP contribution is 2.01. The molecule has 0 aromatic heterocycles. The van der Waals surface area contributed by atoms with Crippen LogP contribution in [0.25, 0.3) is 0 Å². The number of amides is 1. The van der Waals surface area contributed by atoms with Gasteiger partial charge < -0.3 is 19.9 Å². The molecule has 5 heteroatoms. The molecule has 0 aromatic carbocycles. The molecule has 0 bridgehead atoms. The van der Waals surface area contributed by atoms with Crippen molar-refractivity contribution in [3.05, 3.63) is 0 Å². The van der Waals surface area contributed by atoms with Gasteiger partial charge in [-0.3, -0.25) is 4.79 Å². The Kier molecular flexibility index (Phi) is 6.47. The molecule has 1 fully saturated rings. The van der Waals surface area contributed by atoms with E-state index in [1.165, 1.54) is 0 Å². The first-order chi connectivity index (χ1) is 8.17. The fourth-order valence-electron chi connectivity index (χ4n) is 2.02. The second kappa shape index (κ2) is 7.63. The van der Waals surface area contributed by atoms with Gasteiger partial charge in [0.1, 0.15) is 0 Å². The minimum Gasteiger partial charge on any atom is -0.374 e. The summed E-state index contributed by atoms with van der Waals surface area (Å²) in [5.74, 6) is 0.166. The van der Waals surface area contributed by atoms with Crippen LogP contribution in [0.2, 0.25) is 0 Å². The van der Waals surface area contributed by atoms with E-state index in [9.17, 15) is 4.79 Å². The molecule has 5 nitrogen and oxygen atoms in total. The summed E-state index contributed by atoms with van der Waals surface area (Å²) in [5, 5.41) is 3.18. The summed E-state index contributed by atoms with van der Waals surface area (Å²) >= 11 is 0. The first kappa shape index (κ1) is 14.4. The van der Waals surface area contributed by atoms with Gasteiger partial charge in [-0.2, -0.15) is 0 Å². The number of rotatable bonds is 6. The van der Waals surface area contributed by atoms with Gasteiger partial charge in [-0.25, -0.2) is 0 Å². The molecule has 1 N–H and O–H groups in total. The maximum Gasteiger partial charge on any atom is 0.236 e. The Bertz CT molecular complexity index is 232. The van der Waals surface area contributed by atoms with Crippen molar-refractivity contribution in [1.29, 1.82) is 0 Å². The Morgan fingerprint density at radius 2 is 2.18 bits per heavy atom. The molecule has 17 heavy (non-hydrogen) atoms. The molecule has 1 aliphatic rings. The Morgan fingerprint density at radius 3 is 2.76 bits per heavy atom. The molecule has 1 saturated heterocycles. The van der Waals surface area contributed by atoms with Crippen LogP contribution < -0.4 is 5.32 Å². The van der Waals surface area contributed by atoms with Crippen molar-refractivity contribution in [2.45, 2.75) is 20.0 Å². The zero-order valence-electron chi connectivity index (χ0n) is 11.2. The molecule has 0 radical (unpaired) electrons.